The quantitative estimate of drug-likeness (QED) is 0.212. The highest BCUT2D eigenvalue weighted by Crippen LogP contribution is 2.30. The van der Waals surface area contributed by atoms with Crippen LogP contribution >= 0.6 is 23.2 Å². The monoisotopic (exact) mass is 474 g/mol. The van der Waals surface area contributed by atoms with Gasteiger partial charge in [-0.15, -0.1) is 0 Å². The number of benzene rings is 3. The lowest BCUT2D eigenvalue weighted by Gasteiger charge is -2.12. The summed E-state index contributed by atoms with van der Waals surface area (Å²) in [6.07, 6.45) is 1.35. The van der Waals surface area contributed by atoms with Crippen LogP contribution in [-0.2, 0) is 0 Å². The number of nitrogens with zero attached hydrogens (tertiary/aromatic N) is 1. The number of hydrazone groups is 1. The number of halogens is 3. The van der Waals surface area contributed by atoms with Crippen LogP contribution in [0, 0.1) is 5.82 Å². The highest BCUT2D eigenvalue weighted by molar-refractivity contribution is 6.36. The fourth-order valence-corrected chi connectivity index (χ4v) is 3.12. The van der Waals surface area contributed by atoms with Crippen molar-refractivity contribution in [2.24, 2.45) is 5.10 Å². The van der Waals surface area contributed by atoms with Gasteiger partial charge in [0.05, 0.1) is 29.0 Å². The molecule has 0 spiro atoms. The molecule has 1 N–H and O–H groups in total. The standard InChI is InChI=1S/C23H17Cl2FN2O4/c1-2-31-21-11-14(13-27-28-22(29)17-5-3-4-6-19(17)26)7-10-20(21)32-23(30)16-9-8-15(24)12-18(16)25/h3-13H,2H2,1H3,(H,28,29)/b27-13-. The SMILES string of the molecule is CCOc1cc(/C=N\NC(=O)c2ccccc2F)ccc1OC(=O)c1ccc(Cl)cc1Cl. The van der Waals surface area contributed by atoms with Gasteiger partial charge in [0.25, 0.3) is 5.91 Å². The summed E-state index contributed by atoms with van der Waals surface area (Å²) < 4.78 is 24.6. The molecular weight excluding hydrogens is 458 g/mol. The molecule has 164 valence electrons. The van der Waals surface area contributed by atoms with E-state index in [1.165, 1.54) is 48.7 Å². The number of hydrogen-bond donors (Lipinski definition) is 1. The van der Waals surface area contributed by atoms with E-state index in [1.807, 2.05) is 0 Å². The predicted molar refractivity (Wildman–Crippen MR) is 120 cm³/mol. The molecule has 0 heterocycles. The minimum atomic E-state index is -0.685. The van der Waals surface area contributed by atoms with Crippen molar-refractivity contribution >= 4 is 41.3 Å². The van der Waals surface area contributed by atoms with Crippen molar-refractivity contribution in [3.05, 3.63) is 93.2 Å². The van der Waals surface area contributed by atoms with Gasteiger partial charge >= 0.3 is 5.97 Å². The highest BCUT2D eigenvalue weighted by atomic mass is 35.5. The number of carbonyl (C=O) groups is 2. The maximum atomic E-state index is 13.7. The first-order valence-corrected chi connectivity index (χ1v) is 10.2. The van der Waals surface area contributed by atoms with Crippen LogP contribution in [0.2, 0.25) is 10.0 Å². The van der Waals surface area contributed by atoms with E-state index in [0.29, 0.717) is 17.2 Å². The Balaban J connectivity index is 1.74. The van der Waals surface area contributed by atoms with Gasteiger partial charge in [0.1, 0.15) is 5.82 Å². The second-order valence-electron chi connectivity index (χ2n) is 6.33. The van der Waals surface area contributed by atoms with Gasteiger partial charge < -0.3 is 9.47 Å². The molecule has 0 saturated carbocycles. The van der Waals surface area contributed by atoms with Crippen LogP contribution in [0.25, 0.3) is 0 Å². The molecule has 3 rings (SSSR count). The molecule has 0 fully saturated rings. The van der Waals surface area contributed by atoms with E-state index in [-0.39, 0.29) is 27.6 Å². The van der Waals surface area contributed by atoms with Gasteiger partial charge in [-0.25, -0.2) is 14.6 Å². The van der Waals surface area contributed by atoms with E-state index in [1.54, 1.807) is 25.1 Å². The summed E-state index contributed by atoms with van der Waals surface area (Å²) in [6.45, 7) is 2.09. The second kappa shape index (κ2) is 10.7. The summed E-state index contributed by atoms with van der Waals surface area (Å²) >= 11 is 11.9. The normalized spacial score (nSPS) is 10.8. The number of ether oxygens (including phenoxy) is 2. The lowest BCUT2D eigenvalue weighted by atomic mass is 10.2. The van der Waals surface area contributed by atoms with Crippen LogP contribution in [0.3, 0.4) is 0 Å². The lowest BCUT2D eigenvalue weighted by molar-refractivity contribution is 0.0728. The molecule has 0 saturated heterocycles. The summed E-state index contributed by atoms with van der Waals surface area (Å²) in [6, 6.07) is 14.7. The van der Waals surface area contributed by atoms with Crippen molar-refractivity contribution in [3.8, 4) is 11.5 Å². The Morgan fingerprint density at radius 1 is 1.03 bits per heavy atom. The van der Waals surface area contributed by atoms with Crippen LogP contribution in [-0.4, -0.2) is 24.7 Å². The Bertz CT molecular complexity index is 1180. The zero-order valence-electron chi connectivity index (χ0n) is 16.8. The van der Waals surface area contributed by atoms with Crippen molar-refractivity contribution in [3.63, 3.8) is 0 Å². The third-order valence-corrected chi connectivity index (χ3v) is 4.67. The molecule has 6 nitrogen and oxygen atoms in total. The molecule has 0 aliphatic heterocycles. The minimum Gasteiger partial charge on any atom is -0.490 e. The number of carbonyl (C=O) groups excluding carboxylic acids is 2. The summed E-state index contributed by atoms with van der Waals surface area (Å²) in [5.41, 5.74) is 2.84. The summed E-state index contributed by atoms with van der Waals surface area (Å²) in [4.78, 5) is 24.5. The zero-order valence-corrected chi connectivity index (χ0v) is 18.3. The molecule has 0 aliphatic carbocycles. The van der Waals surface area contributed by atoms with E-state index in [4.69, 9.17) is 32.7 Å². The van der Waals surface area contributed by atoms with E-state index in [0.717, 1.165) is 0 Å². The van der Waals surface area contributed by atoms with E-state index < -0.39 is 17.7 Å². The number of rotatable bonds is 7. The number of hydrogen-bond acceptors (Lipinski definition) is 5. The van der Waals surface area contributed by atoms with Gasteiger partial charge in [-0.2, -0.15) is 5.10 Å². The molecule has 32 heavy (non-hydrogen) atoms. The van der Waals surface area contributed by atoms with E-state index >= 15 is 0 Å². The topological polar surface area (TPSA) is 77.0 Å². The van der Waals surface area contributed by atoms with Crippen LogP contribution in [0.1, 0.15) is 33.2 Å². The second-order valence-corrected chi connectivity index (χ2v) is 7.18. The van der Waals surface area contributed by atoms with Gasteiger partial charge in [0.15, 0.2) is 11.5 Å². The summed E-state index contributed by atoms with van der Waals surface area (Å²) in [7, 11) is 0. The maximum absolute atomic E-state index is 13.7. The third-order valence-electron chi connectivity index (χ3n) is 4.12. The minimum absolute atomic E-state index is 0.122. The Labute approximate surface area is 193 Å². The van der Waals surface area contributed by atoms with Crippen LogP contribution < -0.4 is 14.9 Å². The first-order chi connectivity index (χ1) is 15.4. The molecule has 3 aromatic carbocycles. The van der Waals surface area contributed by atoms with Gasteiger partial charge in [0, 0.05) is 5.02 Å². The van der Waals surface area contributed by atoms with Crippen LogP contribution in [0.4, 0.5) is 4.39 Å². The summed E-state index contributed by atoms with van der Waals surface area (Å²) in [5, 5.41) is 4.39. The lowest BCUT2D eigenvalue weighted by Crippen LogP contribution is -2.18. The van der Waals surface area contributed by atoms with Crippen molar-refractivity contribution in [2.45, 2.75) is 6.92 Å². The summed E-state index contributed by atoms with van der Waals surface area (Å²) in [5.74, 6) is -1.54. The Morgan fingerprint density at radius 2 is 1.81 bits per heavy atom. The van der Waals surface area contributed by atoms with Gasteiger partial charge in [-0.1, -0.05) is 35.3 Å². The molecule has 0 atom stereocenters. The molecule has 0 unspecified atom stereocenters. The Morgan fingerprint density at radius 3 is 2.53 bits per heavy atom. The van der Waals surface area contributed by atoms with E-state index in [9.17, 15) is 14.0 Å². The molecule has 1 amide bonds. The van der Waals surface area contributed by atoms with Crippen LogP contribution in [0.5, 0.6) is 11.5 Å². The first-order valence-electron chi connectivity index (χ1n) is 9.41. The molecule has 3 aromatic rings. The van der Waals surface area contributed by atoms with Crippen LogP contribution in [0.15, 0.2) is 65.8 Å². The van der Waals surface area contributed by atoms with Gasteiger partial charge in [-0.05, 0) is 61.0 Å². The zero-order chi connectivity index (χ0) is 23.1. The number of esters is 1. The molecule has 0 aliphatic rings. The largest absolute Gasteiger partial charge is 0.490 e. The molecule has 0 aromatic heterocycles. The fraction of sp³-hybridized carbons (Fsp3) is 0.0870. The average Bonchev–Trinajstić information content (AvgIpc) is 2.75. The Kier molecular flexibility index (Phi) is 7.81. The van der Waals surface area contributed by atoms with E-state index in [2.05, 4.69) is 10.5 Å². The smallest absolute Gasteiger partial charge is 0.345 e. The van der Waals surface area contributed by atoms with Gasteiger partial charge in [-0.3, -0.25) is 4.79 Å². The van der Waals surface area contributed by atoms with Crippen molar-refractivity contribution in [1.29, 1.82) is 0 Å². The van der Waals surface area contributed by atoms with Crippen molar-refractivity contribution in [2.75, 3.05) is 6.61 Å². The molecule has 0 bridgehead atoms. The Hall–Kier alpha value is -3.42. The third kappa shape index (κ3) is 5.84. The molecule has 9 heteroatoms. The molecule has 0 radical (unpaired) electrons. The van der Waals surface area contributed by atoms with Crippen molar-refractivity contribution < 1.29 is 23.5 Å². The first kappa shape index (κ1) is 23.2. The fourth-order valence-electron chi connectivity index (χ4n) is 2.64. The number of nitrogens with one attached hydrogen (secondary N) is 1. The predicted octanol–water partition coefficient (Wildman–Crippen LogP) is 5.51. The van der Waals surface area contributed by atoms with Crippen molar-refractivity contribution in [1.82, 2.24) is 5.43 Å². The highest BCUT2D eigenvalue weighted by Gasteiger charge is 2.16. The average molecular weight is 475 g/mol. The molecular formula is C23H17Cl2FN2O4. The van der Waals surface area contributed by atoms with Gasteiger partial charge in [0.2, 0.25) is 0 Å². The maximum Gasteiger partial charge on any atom is 0.345 e. The number of amides is 1.